The van der Waals surface area contributed by atoms with Crippen LogP contribution in [-0.2, 0) is 9.84 Å². The first-order chi connectivity index (χ1) is 9.84. The molecule has 1 aromatic carbocycles. The third-order valence-electron chi connectivity index (χ3n) is 3.89. The first-order valence-corrected chi connectivity index (χ1v) is 8.42. The van der Waals surface area contributed by atoms with E-state index in [1.807, 2.05) is 0 Å². The molecule has 1 aliphatic heterocycles. The second kappa shape index (κ2) is 6.27. The van der Waals surface area contributed by atoms with Crippen LogP contribution >= 0.6 is 0 Å². The quantitative estimate of drug-likeness (QED) is 0.925. The monoisotopic (exact) mass is 319 g/mol. The Hall–Kier alpha value is -1.21. The summed E-state index contributed by atoms with van der Waals surface area (Å²) in [6, 6.07) is 5.82. The van der Waals surface area contributed by atoms with Crippen molar-refractivity contribution in [3.63, 3.8) is 0 Å². The van der Waals surface area contributed by atoms with E-state index in [1.54, 1.807) is 24.0 Å². The van der Waals surface area contributed by atoms with Gasteiger partial charge in [-0.25, -0.2) is 8.42 Å². The number of alkyl halides is 2. The van der Waals surface area contributed by atoms with Gasteiger partial charge < -0.3 is 10.0 Å². The van der Waals surface area contributed by atoms with Gasteiger partial charge >= 0.3 is 5.76 Å². The summed E-state index contributed by atoms with van der Waals surface area (Å²) >= 11 is 0. The number of nitrogens with zero attached hydrogens (tertiary/aromatic N) is 1. The van der Waals surface area contributed by atoms with Crippen molar-refractivity contribution >= 4 is 15.5 Å². The lowest BCUT2D eigenvalue weighted by Crippen LogP contribution is -2.40. The molecule has 0 aromatic heterocycles. The largest absolute Gasteiger partial charge is 0.393 e. The molecule has 4 nitrogen and oxygen atoms in total. The van der Waals surface area contributed by atoms with E-state index in [2.05, 4.69) is 0 Å². The van der Waals surface area contributed by atoms with Gasteiger partial charge in [0.05, 0.1) is 16.7 Å². The number of aliphatic hydroxyl groups is 1. The zero-order valence-corrected chi connectivity index (χ0v) is 12.6. The van der Waals surface area contributed by atoms with Gasteiger partial charge in [-0.1, -0.05) is 12.1 Å². The van der Waals surface area contributed by atoms with E-state index in [0.29, 0.717) is 18.8 Å². The van der Waals surface area contributed by atoms with Crippen LogP contribution in [-0.4, -0.2) is 38.5 Å². The van der Waals surface area contributed by atoms with Crippen LogP contribution in [0.3, 0.4) is 0 Å². The van der Waals surface area contributed by atoms with E-state index in [0.717, 1.165) is 12.8 Å². The van der Waals surface area contributed by atoms with Gasteiger partial charge in [0, 0.05) is 19.0 Å². The zero-order valence-electron chi connectivity index (χ0n) is 11.7. The number of hydrogen-bond acceptors (Lipinski definition) is 4. The van der Waals surface area contributed by atoms with Crippen molar-refractivity contribution in [2.24, 2.45) is 5.92 Å². The minimum Gasteiger partial charge on any atom is -0.393 e. The van der Waals surface area contributed by atoms with E-state index in [9.17, 15) is 22.3 Å². The summed E-state index contributed by atoms with van der Waals surface area (Å²) in [5.41, 5.74) is 0.295. The number of benzene rings is 1. The predicted octanol–water partition coefficient (Wildman–Crippen LogP) is 2.28. The third-order valence-corrected chi connectivity index (χ3v) is 5.31. The highest BCUT2D eigenvalue weighted by Crippen LogP contribution is 2.32. The molecule has 0 radical (unpaired) electrons. The molecule has 0 aliphatic carbocycles. The number of halogens is 2. The standard InChI is InChI=1S/C14H19F2NO3S/c1-10(18)11-5-4-8-17(9-11)12-6-2-3-7-13(12)21(19,20)14(15)16/h2-3,6-7,10-11,14,18H,4-5,8-9H2,1H3. The molecule has 0 amide bonds. The fraction of sp³-hybridized carbons (Fsp3) is 0.571. The van der Waals surface area contributed by atoms with Gasteiger partial charge in [-0.05, 0) is 31.9 Å². The Bertz CT molecular complexity index is 590. The Kier molecular flexibility index (Phi) is 4.83. The molecule has 0 bridgehead atoms. The van der Waals surface area contributed by atoms with Gasteiger partial charge in [0.2, 0.25) is 9.84 Å². The van der Waals surface area contributed by atoms with Gasteiger partial charge in [-0.2, -0.15) is 8.78 Å². The molecular weight excluding hydrogens is 300 g/mol. The number of aliphatic hydroxyl groups excluding tert-OH is 1. The maximum Gasteiger partial charge on any atom is 0.341 e. The van der Waals surface area contributed by atoms with E-state index in [4.69, 9.17) is 0 Å². The van der Waals surface area contributed by atoms with Gasteiger partial charge in [-0.3, -0.25) is 0 Å². The summed E-state index contributed by atoms with van der Waals surface area (Å²) in [7, 11) is -4.63. The summed E-state index contributed by atoms with van der Waals surface area (Å²) in [4.78, 5) is 1.43. The highest BCUT2D eigenvalue weighted by atomic mass is 32.2. The normalized spacial score (nSPS) is 21.6. The number of sulfone groups is 1. The van der Waals surface area contributed by atoms with Crippen molar-refractivity contribution in [3.8, 4) is 0 Å². The second-order valence-corrected chi connectivity index (χ2v) is 7.25. The Labute approximate surface area is 123 Å². The predicted molar refractivity (Wildman–Crippen MR) is 76.2 cm³/mol. The Morgan fingerprint density at radius 2 is 2.00 bits per heavy atom. The average Bonchev–Trinajstić information content (AvgIpc) is 2.47. The number of anilines is 1. The minimum absolute atomic E-state index is 0.0149. The summed E-state index contributed by atoms with van der Waals surface area (Å²) in [6.45, 7) is 2.75. The van der Waals surface area contributed by atoms with Crippen molar-refractivity contribution in [1.29, 1.82) is 0 Å². The van der Waals surface area contributed by atoms with Gasteiger partial charge in [0.15, 0.2) is 0 Å². The average molecular weight is 319 g/mol. The number of piperidine rings is 1. The molecule has 21 heavy (non-hydrogen) atoms. The van der Waals surface area contributed by atoms with Crippen LogP contribution in [0.4, 0.5) is 14.5 Å². The molecule has 1 fully saturated rings. The van der Waals surface area contributed by atoms with E-state index < -0.39 is 21.7 Å². The van der Waals surface area contributed by atoms with Gasteiger partial charge in [-0.15, -0.1) is 0 Å². The highest BCUT2D eigenvalue weighted by Gasteiger charge is 2.32. The molecule has 118 valence electrons. The number of hydrogen-bond donors (Lipinski definition) is 1. The fourth-order valence-corrected chi connectivity index (χ4v) is 3.63. The summed E-state index contributed by atoms with van der Waals surface area (Å²) < 4.78 is 49.2. The maximum atomic E-state index is 12.8. The maximum absolute atomic E-state index is 12.8. The van der Waals surface area contributed by atoms with E-state index in [-0.39, 0.29) is 10.8 Å². The van der Waals surface area contributed by atoms with Crippen molar-refractivity contribution < 1.29 is 22.3 Å². The molecule has 2 atom stereocenters. The van der Waals surface area contributed by atoms with Crippen molar-refractivity contribution in [3.05, 3.63) is 24.3 Å². The van der Waals surface area contributed by atoms with Crippen LogP contribution in [0.5, 0.6) is 0 Å². The lowest BCUT2D eigenvalue weighted by atomic mass is 9.93. The van der Waals surface area contributed by atoms with E-state index >= 15 is 0 Å². The molecule has 1 N–H and O–H groups in total. The number of rotatable bonds is 4. The van der Waals surface area contributed by atoms with Crippen molar-refractivity contribution in [2.45, 2.75) is 36.5 Å². The zero-order chi connectivity index (χ0) is 15.6. The molecule has 1 heterocycles. The second-order valence-electron chi connectivity index (χ2n) is 5.36. The minimum atomic E-state index is -4.63. The molecule has 2 unspecified atom stereocenters. The van der Waals surface area contributed by atoms with Crippen LogP contribution in [0.2, 0.25) is 0 Å². The number of para-hydroxylation sites is 1. The molecule has 0 saturated carbocycles. The summed E-state index contributed by atoms with van der Waals surface area (Å²) in [5, 5.41) is 9.69. The first kappa shape index (κ1) is 16.2. The van der Waals surface area contributed by atoms with Gasteiger partial charge in [0.1, 0.15) is 0 Å². The van der Waals surface area contributed by atoms with Crippen LogP contribution in [0.15, 0.2) is 29.2 Å². The Balaban J connectivity index is 2.37. The molecule has 1 saturated heterocycles. The highest BCUT2D eigenvalue weighted by molar-refractivity contribution is 7.91. The Morgan fingerprint density at radius 1 is 1.33 bits per heavy atom. The summed E-state index contributed by atoms with van der Waals surface area (Å²) in [6.07, 6.45) is 1.13. The molecule has 1 aliphatic rings. The van der Waals surface area contributed by atoms with Crippen LogP contribution in [0.25, 0.3) is 0 Å². The first-order valence-electron chi connectivity index (χ1n) is 6.88. The smallest absolute Gasteiger partial charge is 0.341 e. The Morgan fingerprint density at radius 3 is 2.62 bits per heavy atom. The molecule has 2 rings (SSSR count). The molecule has 1 aromatic rings. The third kappa shape index (κ3) is 3.35. The van der Waals surface area contributed by atoms with Crippen molar-refractivity contribution in [1.82, 2.24) is 0 Å². The van der Waals surface area contributed by atoms with E-state index in [1.165, 1.54) is 12.1 Å². The summed E-state index contributed by atoms with van der Waals surface area (Å²) in [5.74, 6) is -3.42. The van der Waals surface area contributed by atoms with Crippen LogP contribution in [0, 0.1) is 5.92 Å². The molecular formula is C14H19F2NO3S. The van der Waals surface area contributed by atoms with Crippen molar-refractivity contribution in [2.75, 3.05) is 18.0 Å². The lowest BCUT2D eigenvalue weighted by molar-refractivity contribution is 0.115. The fourth-order valence-electron chi connectivity index (χ4n) is 2.68. The van der Waals surface area contributed by atoms with Crippen LogP contribution in [0.1, 0.15) is 19.8 Å². The molecule has 7 heteroatoms. The lowest BCUT2D eigenvalue weighted by Gasteiger charge is -2.36. The topological polar surface area (TPSA) is 57.6 Å². The SMILES string of the molecule is CC(O)C1CCCN(c2ccccc2S(=O)(=O)C(F)F)C1. The molecule has 0 spiro atoms. The van der Waals surface area contributed by atoms with Crippen LogP contribution < -0.4 is 4.90 Å². The van der Waals surface area contributed by atoms with Gasteiger partial charge in [0.25, 0.3) is 0 Å².